The summed E-state index contributed by atoms with van der Waals surface area (Å²) >= 11 is 0. The van der Waals surface area contributed by atoms with Gasteiger partial charge in [0, 0.05) is 26.2 Å². The third kappa shape index (κ3) is 2.90. The Morgan fingerprint density at radius 1 is 1.29 bits per heavy atom. The van der Waals surface area contributed by atoms with Gasteiger partial charge in [-0.25, -0.2) is 4.79 Å². The first-order valence-electron chi connectivity index (χ1n) is 4.78. The second-order valence-electron chi connectivity index (χ2n) is 3.56. The lowest BCUT2D eigenvalue weighted by molar-refractivity contribution is -0.119. The Labute approximate surface area is 83.6 Å². The molecule has 80 valence electrons. The van der Waals surface area contributed by atoms with Crippen molar-refractivity contribution in [3.63, 3.8) is 0 Å². The van der Waals surface area contributed by atoms with Crippen LogP contribution >= 0.6 is 0 Å². The molecule has 0 atom stereocenters. The zero-order valence-electron chi connectivity index (χ0n) is 8.60. The maximum Gasteiger partial charge on any atom is 0.410 e. The van der Waals surface area contributed by atoms with Gasteiger partial charge in [0.2, 0.25) is 6.41 Å². The number of rotatable bonds is 2. The second kappa shape index (κ2) is 4.83. The van der Waals surface area contributed by atoms with Crippen molar-refractivity contribution in [2.24, 2.45) is 0 Å². The molecule has 0 spiro atoms. The predicted molar refractivity (Wildman–Crippen MR) is 50.8 cm³/mol. The van der Waals surface area contributed by atoms with Crippen LogP contribution in [-0.4, -0.2) is 54.6 Å². The Bertz CT molecular complexity index is 210. The van der Waals surface area contributed by atoms with Crippen LogP contribution < -0.4 is 0 Å². The molecule has 5 nitrogen and oxygen atoms in total. The molecule has 14 heavy (non-hydrogen) atoms. The van der Waals surface area contributed by atoms with Crippen LogP contribution in [0.2, 0.25) is 0 Å². The number of piperazine rings is 1. The quantitative estimate of drug-likeness (QED) is 0.603. The highest BCUT2D eigenvalue weighted by Crippen LogP contribution is 2.03. The smallest absolute Gasteiger partial charge is 0.410 e. The Hall–Kier alpha value is -1.26. The van der Waals surface area contributed by atoms with Crippen LogP contribution in [0.5, 0.6) is 0 Å². The molecule has 0 saturated carbocycles. The van der Waals surface area contributed by atoms with E-state index in [-0.39, 0.29) is 12.2 Å². The molecule has 1 heterocycles. The average molecular weight is 200 g/mol. The summed E-state index contributed by atoms with van der Waals surface area (Å²) in [6.45, 7) is 5.95. The molecule has 0 radical (unpaired) electrons. The van der Waals surface area contributed by atoms with E-state index in [9.17, 15) is 9.59 Å². The molecular formula is C9H16N2O3. The fourth-order valence-corrected chi connectivity index (χ4v) is 1.29. The molecule has 0 aromatic heterocycles. The number of hydrogen-bond acceptors (Lipinski definition) is 3. The zero-order valence-corrected chi connectivity index (χ0v) is 8.60. The number of nitrogens with zero attached hydrogens (tertiary/aromatic N) is 2. The molecule has 5 heteroatoms. The molecule has 0 aromatic carbocycles. The van der Waals surface area contributed by atoms with Gasteiger partial charge in [0.05, 0.1) is 6.10 Å². The van der Waals surface area contributed by atoms with E-state index in [2.05, 4.69) is 0 Å². The summed E-state index contributed by atoms with van der Waals surface area (Å²) in [4.78, 5) is 25.1. The molecule has 1 rings (SSSR count). The number of carbonyl (C=O) groups excluding carboxylic acids is 2. The molecule has 0 N–H and O–H groups in total. The molecule has 2 amide bonds. The SMILES string of the molecule is CC(C)OC(=O)N1CCN(C=O)CC1. The van der Waals surface area contributed by atoms with Gasteiger partial charge in [0.15, 0.2) is 0 Å². The predicted octanol–water partition coefficient (Wildman–Crippen LogP) is 0.305. The standard InChI is InChI=1S/C9H16N2O3/c1-8(2)14-9(13)11-5-3-10(7-12)4-6-11/h7-8H,3-6H2,1-2H3. The molecule has 0 aromatic rings. The summed E-state index contributed by atoms with van der Waals surface area (Å²) in [5, 5.41) is 0. The topological polar surface area (TPSA) is 49.9 Å². The Kier molecular flexibility index (Phi) is 3.73. The normalized spacial score (nSPS) is 17.1. The van der Waals surface area contributed by atoms with E-state index in [0.29, 0.717) is 26.2 Å². The highest BCUT2D eigenvalue weighted by molar-refractivity contribution is 5.68. The fourth-order valence-electron chi connectivity index (χ4n) is 1.29. The molecule has 1 aliphatic rings. The van der Waals surface area contributed by atoms with Crippen LogP contribution in [-0.2, 0) is 9.53 Å². The summed E-state index contributed by atoms with van der Waals surface area (Å²) in [7, 11) is 0. The third-order valence-electron chi connectivity index (χ3n) is 2.06. The van der Waals surface area contributed by atoms with Crippen molar-refractivity contribution in [3.05, 3.63) is 0 Å². The van der Waals surface area contributed by atoms with E-state index in [1.807, 2.05) is 13.8 Å². The summed E-state index contributed by atoms with van der Waals surface area (Å²) in [6, 6.07) is 0. The highest BCUT2D eigenvalue weighted by Gasteiger charge is 2.21. The Balaban J connectivity index is 2.34. The lowest BCUT2D eigenvalue weighted by atomic mass is 10.3. The minimum Gasteiger partial charge on any atom is -0.447 e. The van der Waals surface area contributed by atoms with Crippen LogP contribution in [0.25, 0.3) is 0 Å². The summed E-state index contributed by atoms with van der Waals surface area (Å²) in [5.41, 5.74) is 0. The first kappa shape index (κ1) is 10.8. The van der Waals surface area contributed by atoms with Gasteiger partial charge in [-0.2, -0.15) is 0 Å². The van der Waals surface area contributed by atoms with Crippen LogP contribution in [0.15, 0.2) is 0 Å². The molecule has 0 aliphatic carbocycles. The first-order chi connectivity index (χ1) is 6.63. The van der Waals surface area contributed by atoms with E-state index in [4.69, 9.17) is 4.74 Å². The van der Waals surface area contributed by atoms with Crippen LogP contribution in [0.4, 0.5) is 4.79 Å². The van der Waals surface area contributed by atoms with Gasteiger partial charge in [0.1, 0.15) is 0 Å². The molecular weight excluding hydrogens is 184 g/mol. The van der Waals surface area contributed by atoms with E-state index in [0.717, 1.165) is 6.41 Å². The van der Waals surface area contributed by atoms with E-state index in [1.54, 1.807) is 9.80 Å². The molecule has 0 unspecified atom stereocenters. The maximum absolute atomic E-state index is 11.4. The zero-order chi connectivity index (χ0) is 10.6. The minimum atomic E-state index is -0.287. The molecule has 1 saturated heterocycles. The lowest BCUT2D eigenvalue weighted by Crippen LogP contribution is -2.48. The van der Waals surface area contributed by atoms with Crippen LogP contribution in [0.3, 0.4) is 0 Å². The third-order valence-corrected chi connectivity index (χ3v) is 2.06. The van der Waals surface area contributed by atoms with Crippen molar-refractivity contribution in [3.8, 4) is 0 Å². The van der Waals surface area contributed by atoms with Gasteiger partial charge in [-0.1, -0.05) is 0 Å². The van der Waals surface area contributed by atoms with Crippen molar-refractivity contribution in [1.29, 1.82) is 0 Å². The van der Waals surface area contributed by atoms with Crippen molar-refractivity contribution < 1.29 is 14.3 Å². The van der Waals surface area contributed by atoms with Gasteiger partial charge >= 0.3 is 6.09 Å². The summed E-state index contributed by atoms with van der Waals surface area (Å²) < 4.78 is 5.04. The van der Waals surface area contributed by atoms with Gasteiger partial charge in [0.25, 0.3) is 0 Å². The average Bonchev–Trinajstić information content (AvgIpc) is 2.17. The van der Waals surface area contributed by atoms with E-state index >= 15 is 0 Å². The summed E-state index contributed by atoms with van der Waals surface area (Å²) in [6.07, 6.45) is 0.433. The van der Waals surface area contributed by atoms with Crippen molar-refractivity contribution in [1.82, 2.24) is 9.80 Å². The lowest BCUT2D eigenvalue weighted by Gasteiger charge is -2.32. The van der Waals surface area contributed by atoms with E-state index in [1.165, 1.54) is 0 Å². The summed E-state index contributed by atoms with van der Waals surface area (Å²) in [5.74, 6) is 0. The number of amides is 2. The first-order valence-corrected chi connectivity index (χ1v) is 4.78. The van der Waals surface area contributed by atoms with Gasteiger partial charge in [-0.05, 0) is 13.8 Å². The minimum absolute atomic E-state index is 0.0911. The molecule has 0 bridgehead atoms. The van der Waals surface area contributed by atoms with Gasteiger partial charge < -0.3 is 14.5 Å². The molecule has 1 aliphatic heterocycles. The monoisotopic (exact) mass is 200 g/mol. The molecule has 1 fully saturated rings. The fraction of sp³-hybridized carbons (Fsp3) is 0.778. The van der Waals surface area contributed by atoms with Crippen LogP contribution in [0, 0.1) is 0 Å². The largest absolute Gasteiger partial charge is 0.447 e. The van der Waals surface area contributed by atoms with Crippen molar-refractivity contribution in [2.45, 2.75) is 20.0 Å². The highest BCUT2D eigenvalue weighted by atomic mass is 16.6. The van der Waals surface area contributed by atoms with Gasteiger partial charge in [-0.3, -0.25) is 4.79 Å². The Morgan fingerprint density at radius 2 is 1.86 bits per heavy atom. The number of carbonyl (C=O) groups is 2. The van der Waals surface area contributed by atoms with E-state index < -0.39 is 0 Å². The maximum atomic E-state index is 11.4. The van der Waals surface area contributed by atoms with Crippen molar-refractivity contribution in [2.75, 3.05) is 26.2 Å². The number of hydrogen-bond donors (Lipinski definition) is 0. The Morgan fingerprint density at radius 3 is 2.29 bits per heavy atom. The number of ether oxygens (including phenoxy) is 1. The van der Waals surface area contributed by atoms with Gasteiger partial charge in [-0.15, -0.1) is 0 Å². The second-order valence-corrected chi connectivity index (χ2v) is 3.56. The van der Waals surface area contributed by atoms with Crippen molar-refractivity contribution >= 4 is 12.5 Å². The van der Waals surface area contributed by atoms with Crippen LogP contribution in [0.1, 0.15) is 13.8 Å².